The molecule has 2 N–H and O–H groups in total. The molecule has 2 aliphatic heterocycles. The first-order valence-electron chi connectivity index (χ1n) is 8.82. The van der Waals surface area contributed by atoms with E-state index in [1.807, 2.05) is 12.1 Å². The van der Waals surface area contributed by atoms with E-state index in [9.17, 15) is 14.4 Å². The number of hydrogen-bond acceptors (Lipinski definition) is 5. The van der Waals surface area contributed by atoms with Crippen LogP contribution in [0.2, 0.25) is 0 Å². The summed E-state index contributed by atoms with van der Waals surface area (Å²) in [4.78, 5) is 38.4. The van der Waals surface area contributed by atoms with Gasteiger partial charge in [-0.05, 0) is 36.8 Å². The highest BCUT2D eigenvalue weighted by molar-refractivity contribution is 6.10. The smallest absolute Gasteiger partial charge is 0.325 e. The van der Waals surface area contributed by atoms with Crippen molar-refractivity contribution in [2.45, 2.75) is 18.9 Å². The molecule has 2 heterocycles. The molecule has 0 aromatic heterocycles. The van der Waals surface area contributed by atoms with Crippen molar-refractivity contribution in [1.82, 2.24) is 10.2 Å². The first-order valence-corrected chi connectivity index (χ1v) is 8.82. The predicted molar refractivity (Wildman–Crippen MR) is 100.0 cm³/mol. The van der Waals surface area contributed by atoms with Crippen molar-refractivity contribution in [2.75, 3.05) is 18.7 Å². The van der Waals surface area contributed by atoms with Crippen molar-refractivity contribution < 1.29 is 23.9 Å². The molecule has 28 heavy (non-hydrogen) atoms. The van der Waals surface area contributed by atoms with E-state index in [2.05, 4.69) is 10.6 Å². The zero-order chi connectivity index (χ0) is 19.7. The molecule has 0 saturated carbocycles. The molecule has 1 fully saturated rings. The Labute approximate surface area is 161 Å². The molecule has 8 nitrogen and oxygen atoms in total. The Morgan fingerprint density at radius 1 is 1.14 bits per heavy atom. The van der Waals surface area contributed by atoms with Gasteiger partial charge in [0.05, 0.1) is 0 Å². The summed E-state index contributed by atoms with van der Waals surface area (Å²) in [5.74, 6) is 0.368. The first kappa shape index (κ1) is 17.8. The van der Waals surface area contributed by atoms with Gasteiger partial charge in [-0.15, -0.1) is 0 Å². The van der Waals surface area contributed by atoms with Crippen LogP contribution in [0.15, 0.2) is 48.5 Å². The highest BCUT2D eigenvalue weighted by Gasteiger charge is 2.48. The van der Waals surface area contributed by atoms with Gasteiger partial charge in [0.2, 0.25) is 12.7 Å². The summed E-state index contributed by atoms with van der Waals surface area (Å²) in [5, 5.41) is 5.37. The third-order valence-corrected chi connectivity index (χ3v) is 4.70. The molecule has 4 amide bonds. The Balaban J connectivity index is 1.44. The number of ether oxygens (including phenoxy) is 2. The maximum absolute atomic E-state index is 12.9. The van der Waals surface area contributed by atoms with Gasteiger partial charge in [0.1, 0.15) is 12.1 Å². The third kappa shape index (κ3) is 3.36. The molecule has 2 aromatic rings. The summed E-state index contributed by atoms with van der Waals surface area (Å²) in [7, 11) is 0. The largest absolute Gasteiger partial charge is 0.454 e. The second kappa shape index (κ2) is 6.88. The van der Waals surface area contributed by atoms with Crippen LogP contribution in [-0.4, -0.2) is 41.6 Å². The van der Waals surface area contributed by atoms with Gasteiger partial charge in [0.15, 0.2) is 11.5 Å². The van der Waals surface area contributed by atoms with E-state index >= 15 is 0 Å². The monoisotopic (exact) mass is 381 g/mol. The molecule has 2 aliphatic rings. The molecule has 0 radical (unpaired) electrons. The molecular weight excluding hydrogens is 362 g/mol. The summed E-state index contributed by atoms with van der Waals surface area (Å²) >= 11 is 0. The van der Waals surface area contributed by atoms with Gasteiger partial charge < -0.3 is 20.1 Å². The topological polar surface area (TPSA) is 97.0 Å². The van der Waals surface area contributed by atoms with Crippen molar-refractivity contribution in [1.29, 1.82) is 0 Å². The van der Waals surface area contributed by atoms with Gasteiger partial charge in [-0.3, -0.25) is 14.5 Å². The minimum absolute atomic E-state index is 0.163. The number of rotatable bonds is 5. The van der Waals surface area contributed by atoms with Crippen molar-refractivity contribution in [2.24, 2.45) is 0 Å². The van der Waals surface area contributed by atoms with Gasteiger partial charge in [-0.25, -0.2) is 4.79 Å². The van der Waals surface area contributed by atoms with E-state index in [0.29, 0.717) is 17.2 Å². The number of anilines is 1. The van der Waals surface area contributed by atoms with E-state index in [4.69, 9.17) is 9.47 Å². The van der Waals surface area contributed by atoms with Crippen molar-refractivity contribution in [3.05, 3.63) is 54.1 Å². The average molecular weight is 381 g/mol. The van der Waals surface area contributed by atoms with E-state index < -0.39 is 23.4 Å². The maximum Gasteiger partial charge on any atom is 0.325 e. The minimum atomic E-state index is -1.14. The van der Waals surface area contributed by atoms with Crippen LogP contribution in [0.4, 0.5) is 10.5 Å². The summed E-state index contributed by atoms with van der Waals surface area (Å²) < 4.78 is 10.6. The number of imide groups is 1. The standard InChI is InChI=1S/C20H19N3O5/c1-20(10-13-7-8-15-16(9-13)28-12-27-15)18(25)23(19(26)22-20)11-17(24)21-14-5-3-2-4-6-14/h2-9H,10-12H2,1H3,(H,21,24)(H,22,26)/t20-/m1/s1. The Morgan fingerprint density at radius 2 is 1.89 bits per heavy atom. The number of nitrogens with zero attached hydrogens (tertiary/aromatic N) is 1. The molecule has 4 rings (SSSR count). The predicted octanol–water partition coefficient (Wildman–Crippen LogP) is 1.91. The molecule has 8 heteroatoms. The summed E-state index contributed by atoms with van der Waals surface area (Å²) in [6, 6.07) is 13.7. The average Bonchev–Trinajstić information content (AvgIpc) is 3.21. The summed E-state index contributed by atoms with van der Waals surface area (Å²) in [6.07, 6.45) is 0.269. The molecule has 144 valence electrons. The van der Waals surface area contributed by atoms with Gasteiger partial charge in [0.25, 0.3) is 5.91 Å². The Bertz CT molecular complexity index is 946. The molecule has 2 aromatic carbocycles. The Hall–Kier alpha value is -3.55. The zero-order valence-corrected chi connectivity index (χ0v) is 15.2. The van der Waals surface area contributed by atoms with Crippen molar-refractivity contribution in [3.8, 4) is 11.5 Å². The highest BCUT2D eigenvalue weighted by atomic mass is 16.7. The zero-order valence-electron chi connectivity index (χ0n) is 15.2. The van der Waals surface area contributed by atoms with Crippen LogP contribution < -0.4 is 20.1 Å². The lowest BCUT2D eigenvalue weighted by atomic mass is 9.92. The summed E-state index contributed by atoms with van der Waals surface area (Å²) in [6.45, 7) is 1.46. The van der Waals surface area contributed by atoms with Crippen LogP contribution in [-0.2, 0) is 16.0 Å². The Morgan fingerprint density at radius 3 is 2.68 bits per heavy atom. The Kier molecular flexibility index (Phi) is 4.38. The van der Waals surface area contributed by atoms with Crippen LogP contribution in [0.1, 0.15) is 12.5 Å². The molecule has 0 bridgehead atoms. The van der Waals surface area contributed by atoms with Crippen LogP contribution in [0.25, 0.3) is 0 Å². The quantitative estimate of drug-likeness (QED) is 0.771. The number of fused-ring (bicyclic) bond motifs is 1. The number of carbonyl (C=O) groups is 3. The minimum Gasteiger partial charge on any atom is -0.454 e. The fourth-order valence-corrected chi connectivity index (χ4v) is 3.34. The van der Waals surface area contributed by atoms with Gasteiger partial charge in [-0.2, -0.15) is 0 Å². The second-order valence-corrected chi connectivity index (χ2v) is 6.93. The van der Waals surface area contributed by atoms with Crippen LogP contribution in [0.3, 0.4) is 0 Å². The lowest BCUT2D eigenvalue weighted by Gasteiger charge is -2.21. The molecular formula is C20H19N3O5. The summed E-state index contributed by atoms with van der Waals surface area (Å²) in [5.41, 5.74) is 0.274. The van der Waals surface area contributed by atoms with E-state index in [1.165, 1.54) is 0 Å². The van der Waals surface area contributed by atoms with E-state index in [0.717, 1.165) is 10.5 Å². The fraction of sp³-hybridized carbons (Fsp3) is 0.250. The number of carbonyl (C=O) groups excluding carboxylic acids is 3. The van der Waals surface area contributed by atoms with E-state index in [-0.39, 0.29) is 19.8 Å². The lowest BCUT2D eigenvalue weighted by molar-refractivity contribution is -0.133. The number of para-hydroxylation sites is 1. The number of amides is 4. The normalized spacial score (nSPS) is 20.2. The first-order chi connectivity index (χ1) is 13.4. The number of urea groups is 1. The molecule has 1 atom stereocenters. The molecule has 1 saturated heterocycles. The lowest BCUT2D eigenvalue weighted by Crippen LogP contribution is -2.46. The van der Waals surface area contributed by atoms with Crippen molar-refractivity contribution >= 4 is 23.5 Å². The SMILES string of the molecule is C[C@]1(Cc2ccc3c(c2)OCO3)NC(=O)N(CC(=O)Nc2ccccc2)C1=O. The van der Waals surface area contributed by atoms with Gasteiger partial charge >= 0.3 is 6.03 Å². The number of nitrogens with one attached hydrogen (secondary N) is 2. The second-order valence-electron chi connectivity index (χ2n) is 6.93. The maximum atomic E-state index is 12.9. The number of hydrogen-bond donors (Lipinski definition) is 2. The molecule has 0 spiro atoms. The third-order valence-electron chi connectivity index (χ3n) is 4.70. The van der Waals surface area contributed by atoms with Crippen LogP contribution in [0, 0.1) is 0 Å². The van der Waals surface area contributed by atoms with Gasteiger partial charge in [-0.1, -0.05) is 24.3 Å². The highest BCUT2D eigenvalue weighted by Crippen LogP contribution is 2.34. The van der Waals surface area contributed by atoms with Crippen molar-refractivity contribution in [3.63, 3.8) is 0 Å². The van der Waals surface area contributed by atoms with E-state index in [1.54, 1.807) is 43.3 Å². The van der Waals surface area contributed by atoms with Gasteiger partial charge in [0, 0.05) is 12.1 Å². The molecule has 0 aliphatic carbocycles. The number of benzene rings is 2. The fourth-order valence-electron chi connectivity index (χ4n) is 3.34. The van der Waals surface area contributed by atoms with Crippen LogP contribution >= 0.6 is 0 Å². The van der Waals surface area contributed by atoms with Crippen LogP contribution in [0.5, 0.6) is 11.5 Å². The molecule has 0 unspecified atom stereocenters.